The van der Waals surface area contributed by atoms with Gasteiger partial charge in [-0.3, -0.25) is 19.5 Å². The fourth-order valence-electron chi connectivity index (χ4n) is 3.12. The topological polar surface area (TPSA) is 70.5 Å². The molecule has 1 fully saturated rings. The van der Waals surface area contributed by atoms with E-state index in [4.69, 9.17) is 0 Å². The number of benzene rings is 1. The van der Waals surface area contributed by atoms with E-state index in [-0.39, 0.29) is 17.0 Å². The third kappa shape index (κ3) is 2.87. The highest BCUT2D eigenvalue weighted by Crippen LogP contribution is 2.43. The summed E-state index contributed by atoms with van der Waals surface area (Å²) < 4.78 is 27.1. The Morgan fingerprint density at radius 1 is 1.07 bits per heavy atom. The summed E-state index contributed by atoms with van der Waals surface area (Å²) in [5, 5.41) is 12.5. The van der Waals surface area contributed by atoms with Gasteiger partial charge in [-0.05, 0) is 35.7 Å². The Morgan fingerprint density at radius 2 is 1.82 bits per heavy atom. The lowest BCUT2D eigenvalue weighted by Crippen LogP contribution is -2.29. The van der Waals surface area contributed by atoms with Gasteiger partial charge in [0.2, 0.25) is 0 Å². The maximum Gasteiger partial charge on any atom is 0.300 e. The van der Waals surface area contributed by atoms with E-state index in [1.54, 1.807) is 17.5 Å². The maximum atomic E-state index is 13.8. The molecule has 1 amide bonds. The fourth-order valence-corrected chi connectivity index (χ4v) is 3.94. The number of aliphatic hydroxyl groups is 1. The largest absolute Gasteiger partial charge is 0.507 e. The molecule has 4 rings (SSSR count). The third-order valence-electron chi connectivity index (χ3n) is 4.39. The lowest BCUT2D eigenvalue weighted by molar-refractivity contribution is -0.132. The number of amides is 1. The maximum absolute atomic E-state index is 13.8. The van der Waals surface area contributed by atoms with E-state index in [2.05, 4.69) is 4.98 Å². The van der Waals surface area contributed by atoms with Gasteiger partial charge in [-0.2, -0.15) is 0 Å². The zero-order valence-electron chi connectivity index (χ0n) is 14.2. The Balaban J connectivity index is 1.93. The number of Topliss-reactive ketones (excluding diaryl/α,β-unsaturated/α-hetero) is 1. The van der Waals surface area contributed by atoms with Crippen LogP contribution in [0.4, 0.5) is 14.5 Å². The van der Waals surface area contributed by atoms with Gasteiger partial charge in [-0.15, -0.1) is 11.3 Å². The number of anilines is 1. The molecule has 3 heterocycles. The van der Waals surface area contributed by atoms with E-state index in [9.17, 15) is 23.5 Å². The molecule has 0 radical (unpaired) electrons. The first-order valence-corrected chi connectivity index (χ1v) is 9.07. The minimum atomic E-state index is -1.14. The Kier molecular flexibility index (Phi) is 4.48. The standard InChI is InChI=1S/C20H12F2N2O3S/c21-13-4-3-12(10-14(13)22)24-17(15-2-1-9-28-15)16(19(26)20(24)27)18(25)11-5-7-23-8-6-11/h1-10,17,25H/b18-16-. The summed E-state index contributed by atoms with van der Waals surface area (Å²) >= 11 is 1.27. The van der Waals surface area contributed by atoms with Crippen molar-refractivity contribution in [1.29, 1.82) is 0 Å². The van der Waals surface area contributed by atoms with E-state index in [0.717, 1.165) is 17.0 Å². The summed E-state index contributed by atoms with van der Waals surface area (Å²) in [6, 6.07) is 8.45. The van der Waals surface area contributed by atoms with Crippen LogP contribution in [0.2, 0.25) is 0 Å². The lowest BCUT2D eigenvalue weighted by Gasteiger charge is -2.24. The highest BCUT2D eigenvalue weighted by atomic mass is 32.1. The zero-order valence-corrected chi connectivity index (χ0v) is 15.0. The predicted octanol–water partition coefficient (Wildman–Crippen LogP) is 4.05. The van der Waals surface area contributed by atoms with Gasteiger partial charge in [0, 0.05) is 34.6 Å². The summed E-state index contributed by atoms with van der Waals surface area (Å²) in [6.45, 7) is 0. The summed E-state index contributed by atoms with van der Waals surface area (Å²) in [5.41, 5.74) is 0.219. The number of aliphatic hydroxyl groups excluding tert-OH is 1. The second-order valence-corrected chi connectivity index (χ2v) is 7.00. The Hall–Kier alpha value is -3.39. The average molecular weight is 398 g/mol. The van der Waals surface area contributed by atoms with Crippen molar-refractivity contribution in [3.05, 3.63) is 87.9 Å². The molecule has 8 heteroatoms. The molecule has 0 aliphatic carbocycles. The van der Waals surface area contributed by atoms with Crippen LogP contribution in [0.1, 0.15) is 16.5 Å². The van der Waals surface area contributed by atoms with Gasteiger partial charge < -0.3 is 5.11 Å². The number of nitrogens with zero attached hydrogens (tertiary/aromatic N) is 2. The molecular formula is C20H12F2N2O3S. The summed E-state index contributed by atoms with van der Waals surface area (Å²) in [6.07, 6.45) is 2.89. The molecule has 1 aliphatic heterocycles. The van der Waals surface area contributed by atoms with Crippen LogP contribution < -0.4 is 4.90 Å². The Bertz CT molecular complexity index is 1100. The van der Waals surface area contributed by atoms with E-state index in [1.165, 1.54) is 41.9 Å². The van der Waals surface area contributed by atoms with Crippen LogP contribution in [0.3, 0.4) is 0 Å². The molecule has 1 aromatic carbocycles. The predicted molar refractivity (Wildman–Crippen MR) is 99.7 cm³/mol. The first kappa shape index (κ1) is 18.0. The van der Waals surface area contributed by atoms with Crippen LogP contribution in [0.15, 0.2) is 65.8 Å². The summed E-state index contributed by atoms with van der Waals surface area (Å²) in [5.74, 6) is -4.40. The molecule has 1 atom stereocenters. The highest BCUT2D eigenvalue weighted by Gasteiger charge is 2.47. The molecule has 0 spiro atoms. The van der Waals surface area contributed by atoms with Gasteiger partial charge in [-0.1, -0.05) is 6.07 Å². The molecule has 28 heavy (non-hydrogen) atoms. The Morgan fingerprint density at radius 3 is 2.46 bits per heavy atom. The van der Waals surface area contributed by atoms with Gasteiger partial charge in [-0.25, -0.2) is 8.78 Å². The number of thiophene rings is 1. The number of carbonyl (C=O) groups excluding carboxylic acids is 2. The summed E-state index contributed by atoms with van der Waals surface area (Å²) in [4.78, 5) is 31.1. The van der Waals surface area contributed by atoms with E-state index >= 15 is 0 Å². The number of hydrogen-bond acceptors (Lipinski definition) is 5. The van der Waals surface area contributed by atoms with E-state index in [0.29, 0.717) is 10.4 Å². The molecule has 1 saturated heterocycles. The van der Waals surface area contributed by atoms with Crippen molar-refractivity contribution in [3.63, 3.8) is 0 Å². The molecule has 1 unspecified atom stereocenters. The number of aromatic nitrogens is 1. The number of ketones is 1. The minimum Gasteiger partial charge on any atom is -0.507 e. The summed E-state index contributed by atoms with van der Waals surface area (Å²) in [7, 11) is 0. The average Bonchev–Trinajstić information content (AvgIpc) is 3.32. The van der Waals surface area contributed by atoms with Crippen LogP contribution in [0.25, 0.3) is 5.76 Å². The van der Waals surface area contributed by atoms with Crippen LogP contribution >= 0.6 is 11.3 Å². The van der Waals surface area contributed by atoms with Crippen molar-refractivity contribution in [3.8, 4) is 0 Å². The molecular weight excluding hydrogens is 386 g/mol. The normalized spacial score (nSPS) is 18.6. The number of hydrogen-bond donors (Lipinski definition) is 1. The number of halogens is 2. The van der Waals surface area contributed by atoms with Gasteiger partial charge in [0.25, 0.3) is 11.7 Å². The number of rotatable bonds is 3. The quantitative estimate of drug-likeness (QED) is 0.411. The third-order valence-corrected chi connectivity index (χ3v) is 5.32. The van der Waals surface area contributed by atoms with Crippen LogP contribution in [0.5, 0.6) is 0 Å². The molecule has 0 saturated carbocycles. The van der Waals surface area contributed by atoms with Crippen molar-refractivity contribution in [2.75, 3.05) is 4.90 Å². The van der Waals surface area contributed by atoms with Gasteiger partial charge >= 0.3 is 0 Å². The van der Waals surface area contributed by atoms with E-state index < -0.39 is 29.4 Å². The number of carbonyl (C=O) groups is 2. The van der Waals surface area contributed by atoms with Crippen molar-refractivity contribution >= 4 is 34.5 Å². The SMILES string of the molecule is O=C1C(=O)N(c2ccc(F)c(F)c2)C(c2cccs2)/C1=C(/O)c1ccncc1. The molecule has 0 bridgehead atoms. The molecule has 5 nitrogen and oxygen atoms in total. The first-order chi connectivity index (χ1) is 13.5. The first-order valence-electron chi connectivity index (χ1n) is 8.19. The molecule has 2 aromatic heterocycles. The number of pyridine rings is 1. The lowest BCUT2D eigenvalue weighted by atomic mass is 10.0. The molecule has 140 valence electrons. The van der Waals surface area contributed by atoms with Gasteiger partial charge in [0.05, 0.1) is 5.57 Å². The molecule has 1 N–H and O–H groups in total. The highest BCUT2D eigenvalue weighted by molar-refractivity contribution is 7.10. The molecule has 1 aliphatic rings. The van der Waals surface area contributed by atoms with Crippen LogP contribution in [-0.4, -0.2) is 21.8 Å². The Labute approximate surface area is 162 Å². The van der Waals surface area contributed by atoms with E-state index in [1.807, 2.05) is 0 Å². The van der Waals surface area contributed by atoms with Crippen LogP contribution in [0, 0.1) is 11.6 Å². The van der Waals surface area contributed by atoms with Crippen molar-refractivity contribution in [2.24, 2.45) is 0 Å². The molecule has 3 aromatic rings. The van der Waals surface area contributed by atoms with Crippen molar-refractivity contribution < 1.29 is 23.5 Å². The van der Waals surface area contributed by atoms with Crippen molar-refractivity contribution in [1.82, 2.24) is 4.98 Å². The van der Waals surface area contributed by atoms with Gasteiger partial charge in [0.15, 0.2) is 11.6 Å². The van der Waals surface area contributed by atoms with Crippen molar-refractivity contribution in [2.45, 2.75) is 6.04 Å². The minimum absolute atomic E-state index is 0.0215. The second-order valence-electron chi connectivity index (χ2n) is 6.02. The van der Waals surface area contributed by atoms with Crippen LogP contribution in [-0.2, 0) is 9.59 Å². The zero-order chi connectivity index (χ0) is 19.8. The monoisotopic (exact) mass is 398 g/mol. The smallest absolute Gasteiger partial charge is 0.300 e. The second kappa shape index (κ2) is 6.97. The fraction of sp³-hybridized carbons (Fsp3) is 0.0500. The van der Waals surface area contributed by atoms with Gasteiger partial charge in [0.1, 0.15) is 11.8 Å².